The summed E-state index contributed by atoms with van der Waals surface area (Å²) < 4.78 is 12.5. The summed E-state index contributed by atoms with van der Waals surface area (Å²) in [6, 6.07) is 13.4. The Labute approximate surface area is 213 Å². The largest absolute Gasteiger partial charge is 0.490 e. The summed E-state index contributed by atoms with van der Waals surface area (Å²) >= 11 is 1.81. The molecule has 5 heteroatoms. The van der Waals surface area contributed by atoms with E-state index in [0.717, 1.165) is 31.0 Å². The van der Waals surface area contributed by atoms with Gasteiger partial charge in [0.2, 0.25) is 0 Å². The van der Waals surface area contributed by atoms with Crippen molar-refractivity contribution >= 4 is 21.6 Å². The molecule has 4 nitrogen and oxygen atoms in total. The van der Waals surface area contributed by atoms with Crippen molar-refractivity contribution in [3.05, 3.63) is 59.2 Å². The molecule has 2 aliphatic carbocycles. The first-order chi connectivity index (χ1) is 17.3. The number of aryl methyl sites for hydroxylation is 2. The van der Waals surface area contributed by atoms with Crippen LogP contribution in [0.3, 0.4) is 0 Å². The normalized spacial score (nSPS) is 17.5. The van der Waals surface area contributed by atoms with Gasteiger partial charge in [-0.05, 0) is 86.6 Å². The molecule has 35 heavy (non-hydrogen) atoms. The van der Waals surface area contributed by atoms with Crippen LogP contribution in [0.5, 0.6) is 5.75 Å². The van der Waals surface area contributed by atoms with Gasteiger partial charge < -0.3 is 13.9 Å². The molecule has 2 aliphatic rings. The highest BCUT2D eigenvalue weighted by atomic mass is 32.1. The predicted octanol–water partition coefficient (Wildman–Crippen LogP) is 8.11. The van der Waals surface area contributed by atoms with E-state index < -0.39 is 0 Å². The number of ether oxygens (including phenoxy) is 1. The van der Waals surface area contributed by atoms with Crippen molar-refractivity contribution in [1.29, 1.82) is 0 Å². The van der Waals surface area contributed by atoms with Crippen molar-refractivity contribution in [3.8, 4) is 17.3 Å². The molecule has 3 heterocycles. The number of thiophene rings is 1. The van der Waals surface area contributed by atoms with Crippen LogP contribution in [0.4, 0.5) is 0 Å². The van der Waals surface area contributed by atoms with Gasteiger partial charge in [-0.3, -0.25) is 0 Å². The van der Waals surface area contributed by atoms with Crippen molar-refractivity contribution in [3.63, 3.8) is 0 Å². The molecule has 0 spiro atoms. The molecule has 4 aromatic rings. The monoisotopic (exact) mass is 487 g/mol. The first-order valence-electron chi connectivity index (χ1n) is 13.6. The van der Waals surface area contributed by atoms with Gasteiger partial charge in [0.15, 0.2) is 5.82 Å². The van der Waals surface area contributed by atoms with Gasteiger partial charge in [0, 0.05) is 31.4 Å². The number of hydrogen-bond acceptors (Lipinski definition) is 3. The predicted molar refractivity (Wildman–Crippen MR) is 145 cm³/mol. The van der Waals surface area contributed by atoms with Crippen molar-refractivity contribution in [2.75, 3.05) is 0 Å². The van der Waals surface area contributed by atoms with Crippen LogP contribution in [-0.2, 0) is 20.0 Å². The van der Waals surface area contributed by atoms with E-state index in [0.29, 0.717) is 12.0 Å². The molecule has 0 radical (unpaired) electrons. The molecule has 1 aromatic carbocycles. The van der Waals surface area contributed by atoms with Gasteiger partial charge in [-0.25, -0.2) is 4.98 Å². The lowest BCUT2D eigenvalue weighted by atomic mass is 9.83. The number of aromatic nitrogens is 3. The number of imidazole rings is 1. The SMILES string of the molecule is Cn1c(-c2ncc(C3CCC3)n2CCCc2ccc(OC3CCCCCC3)cc2)cc2sccc21. The Bertz CT molecular complexity index is 1250. The van der Waals surface area contributed by atoms with Crippen molar-refractivity contribution < 1.29 is 4.74 Å². The Morgan fingerprint density at radius 1 is 0.971 bits per heavy atom. The van der Waals surface area contributed by atoms with Gasteiger partial charge in [0.1, 0.15) is 5.75 Å². The van der Waals surface area contributed by atoms with E-state index >= 15 is 0 Å². The Morgan fingerprint density at radius 3 is 2.49 bits per heavy atom. The van der Waals surface area contributed by atoms with Gasteiger partial charge in [0.05, 0.1) is 22.0 Å². The first-order valence-corrected chi connectivity index (χ1v) is 14.5. The smallest absolute Gasteiger partial charge is 0.156 e. The number of nitrogens with zero attached hydrogens (tertiary/aromatic N) is 3. The zero-order valence-corrected chi connectivity index (χ0v) is 21.7. The number of hydrogen-bond donors (Lipinski definition) is 0. The van der Waals surface area contributed by atoms with Gasteiger partial charge in [-0.15, -0.1) is 11.3 Å². The van der Waals surface area contributed by atoms with Crippen LogP contribution >= 0.6 is 11.3 Å². The average Bonchev–Trinajstić information content (AvgIpc) is 3.47. The fourth-order valence-corrected chi connectivity index (χ4v) is 6.70. The Balaban J connectivity index is 1.14. The molecule has 2 fully saturated rings. The summed E-state index contributed by atoms with van der Waals surface area (Å²) in [6.07, 6.45) is 16.5. The molecule has 0 unspecified atom stereocenters. The Hall–Kier alpha value is -2.53. The first kappa shape index (κ1) is 22.9. The zero-order valence-electron chi connectivity index (χ0n) is 20.9. The Morgan fingerprint density at radius 2 is 1.77 bits per heavy atom. The second-order valence-electron chi connectivity index (χ2n) is 10.5. The highest BCUT2D eigenvalue weighted by Gasteiger charge is 2.26. The fraction of sp³-hybridized carbons (Fsp3) is 0.500. The number of rotatable bonds is 8. The third-order valence-electron chi connectivity index (χ3n) is 8.18. The summed E-state index contributed by atoms with van der Waals surface area (Å²) in [5.74, 6) is 2.84. The minimum absolute atomic E-state index is 0.403. The number of fused-ring (bicyclic) bond motifs is 1. The molecular weight excluding hydrogens is 450 g/mol. The quantitative estimate of drug-likeness (QED) is 0.235. The molecule has 0 N–H and O–H groups in total. The lowest BCUT2D eigenvalue weighted by Gasteiger charge is -2.27. The molecular formula is C30H37N3OS. The van der Waals surface area contributed by atoms with E-state index in [2.05, 4.69) is 64.2 Å². The fourth-order valence-electron chi connectivity index (χ4n) is 5.85. The van der Waals surface area contributed by atoms with E-state index in [4.69, 9.17) is 9.72 Å². The van der Waals surface area contributed by atoms with Crippen LogP contribution in [0, 0.1) is 0 Å². The molecule has 3 aromatic heterocycles. The maximum absolute atomic E-state index is 6.29. The minimum atomic E-state index is 0.403. The van der Waals surface area contributed by atoms with Crippen LogP contribution < -0.4 is 4.74 Å². The third-order valence-corrected chi connectivity index (χ3v) is 9.03. The Kier molecular flexibility index (Phi) is 6.69. The highest BCUT2D eigenvalue weighted by Crippen LogP contribution is 2.39. The topological polar surface area (TPSA) is 32.0 Å². The highest BCUT2D eigenvalue weighted by molar-refractivity contribution is 7.17. The summed E-state index contributed by atoms with van der Waals surface area (Å²) in [4.78, 5) is 4.95. The molecule has 184 valence electrons. The maximum atomic E-state index is 6.29. The molecule has 0 aliphatic heterocycles. The second-order valence-corrected chi connectivity index (χ2v) is 11.5. The van der Waals surface area contributed by atoms with E-state index in [9.17, 15) is 0 Å². The van der Waals surface area contributed by atoms with Crippen LogP contribution in [0.1, 0.15) is 81.4 Å². The van der Waals surface area contributed by atoms with Crippen molar-refractivity contribution in [1.82, 2.24) is 14.1 Å². The summed E-state index contributed by atoms with van der Waals surface area (Å²) in [7, 11) is 2.17. The van der Waals surface area contributed by atoms with Crippen LogP contribution in [0.15, 0.2) is 48.0 Å². The van der Waals surface area contributed by atoms with E-state index in [-0.39, 0.29) is 0 Å². The van der Waals surface area contributed by atoms with Crippen LogP contribution in [0.2, 0.25) is 0 Å². The van der Waals surface area contributed by atoms with Gasteiger partial charge >= 0.3 is 0 Å². The van der Waals surface area contributed by atoms with Crippen LogP contribution in [-0.4, -0.2) is 20.2 Å². The lowest BCUT2D eigenvalue weighted by molar-refractivity contribution is 0.183. The molecule has 0 saturated heterocycles. The standard InChI is InChI=1S/C30H37N3OS/c1-32-26-17-19-35-29(26)20-27(32)30-31-21-28(23-9-6-10-23)33(30)18-7-8-22-13-15-25(16-14-22)34-24-11-4-2-3-5-12-24/h13-17,19-21,23-24H,2-12,18H2,1H3. The van der Waals surface area contributed by atoms with Gasteiger partial charge in [-0.1, -0.05) is 31.4 Å². The van der Waals surface area contributed by atoms with E-state index in [1.165, 1.54) is 85.0 Å². The van der Waals surface area contributed by atoms with Gasteiger partial charge in [0.25, 0.3) is 0 Å². The number of benzene rings is 1. The zero-order chi connectivity index (χ0) is 23.6. The molecule has 0 bridgehead atoms. The summed E-state index contributed by atoms with van der Waals surface area (Å²) in [5, 5.41) is 2.17. The maximum Gasteiger partial charge on any atom is 0.156 e. The van der Waals surface area contributed by atoms with Crippen molar-refractivity contribution in [2.45, 2.75) is 89.2 Å². The molecule has 6 rings (SSSR count). The minimum Gasteiger partial charge on any atom is -0.490 e. The summed E-state index contributed by atoms with van der Waals surface area (Å²) in [5.41, 5.74) is 5.36. The van der Waals surface area contributed by atoms with Crippen LogP contribution in [0.25, 0.3) is 21.7 Å². The average molecular weight is 488 g/mol. The molecule has 0 atom stereocenters. The molecule has 2 saturated carbocycles. The summed E-state index contributed by atoms with van der Waals surface area (Å²) in [6.45, 7) is 1.01. The van der Waals surface area contributed by atoms with Crippen molar-refractivity contribution in [2.24, 2.45) is 7.05 Å². The van der Waals surface area contributed by atoms with E-state index in [1.54, 1.807) is 0 Å². The molecule has 0 amide bonds. The second kappa shape index (κ2) is 10.2. The lowest BCUT2D eigenvalue weighted by Crippen LogP contribution is -2.16. The van der Waals surface area contributed by atoms with Gasteiger partial charge in [-0.2, -0.15) is 0 Å². The van der Waals surface area contributed by atoms with E-state index in [1.807, 2.05) is 11.3 Å². The third kappa shape index (κ3) is 4.80.